The Morgan fingerprint density at radius 2 is 1.92 bits per heavy atom. The second-order valence-corrected chi connectivity index (χ2v) is 6.78. The minimum atomic E-state index is -0.809. The average molecular weight is 326 g/mol. The zero-order valence-corrected chi connectivity index (χ0v) is 13.4. The fourth-order valence-electron chi connectivity index (χ4n) is 3.90. The lowest BCUT2D eigenvalue weighted by molar-refractivity contribution is 0.339. The first-order valence-electron chi connectivity index (χ1n) is 8.40. The fourth-order valence-corrected chi connectivity index (χ4v) is 3.90. The van der Waals surface area contributed by atoms with E-state index in [0.29, 0.717) is 12.8 Å². The van der Waals surface area contributed by atoms with E-state index in [-0.39, 0.29) is 0 Å². The Kier molecular flexibility index (Phi) is 3.65. The molecule has 2 aromatic carbocycles. The summed E-state index contributed by atoms with van der Waals surface area (Å²) in [4.78, 5) is 3.50. The highest BCUT2D eigenvalue weighted by atomic mass is 19.2. The van der Waals surface area contributed by atoms with Gasteiger partial charge in [-0.15, -0.1) is 0 Å². The Hall–Kier alpha value is -2.20. The van der Waals surface area contributed by atoms with Crippen LogP contribution in [0.15, 0.2) is 42.5 Å². The van der Waals surface area contributed by atoms with Crippen LogP contribution >= 0.6 is 0 Å². The van der Waals surface area contributed by atoms with Crippen molar-refractivity contribution in [2.45, 2.75) is 37.6 Å². The lowest BCUT2D eigenvalue weighted by Crippen LogP contribution is -2.40. The summed E-state index contributed by atoms with van der Waals surface area (Å²) in [7, 11) is 0. The Balaban J connectivity index is 1.65. The number of nitrogens with two attached hydrogens (primary N) is 1. The normalized spacial score (nSPS) is 20.3. The molecule has 1 aromatic heterocycles. The second-order valence-electron chi connectivity index (χ2n) is 6.78. The van der Waals surface area contributed by atoms with Crippen LogP contribution in [0.2, 0.25) is 0 Å². The van der Waals surface area contributed by atoms with E-state index >= 15 is 0 Å². The van der Waals surface area contributed by atoms with Gasteiger partial charge in [0, 0.05) is 16.6 Å². The van der Waals surface area contributed by atoms with Crippen molar-refractivity contribution in [3.05, 3.63) is 70.9 Å². The molecule has 1 atom stereocenters. The van der Waals surface area contributed by atoms with Crippen LogP contribution in [0.4, 0.5) is 8.78 Å². The Morgan fingerprint density at radius 1 is 1.08 bits per heavy atom. The Morgan fingerprint density at radius 3 is 2.75 bits per heavy atom. The van der Waals surface area contributed by atoms with Crippen molar-refractivity contribution >= 4 is 10.9 Å². The molecule has 0 spiro atoms. The largest absolute Gasteiger partial charge is 0.357 e. The molecule has 0 amide bonds. The summed E-state index contributed by atoms with van der Waals surface area (Å²) in [5, 5.41) is 1.25. The van der Waals surface area contributed by atoms with Gasteiger partial charge in [0.05, 0.1) is 5.54 Å². The van der Waals surface area contributed by atoms with Crippen molar-refractivity contribution in [2.24, 2.45) is 5.73 Å². The zero-order chi connectivity index (χ0) is 16.7. The number of aryl methyl sites for hydroxylation is 2. The number of hydrogen-bond donors (Lipinski definition) is 2. The monoisotopic (exact) mass is 326 g/mol. The van der Waals surface area contributed by atoms with Crippen LogP contribution in [0.25, 0.3) is 10.9 Å². The lowest BCUT2D eigenvalue weighted by atomic mass is 9.77. The SMILES string of the molecule is NC1(CCc2ccc(F)c(F)c2)CCCc2c1[nH]c1ccccc21. The molecule has 2 nitrogen and oxygen atoms in total. The minimum absolute atomic E-state index is 0.447. The average Bonchev–Trinajstić information content (AvgIpc) is 2.97. The van der Waals surface area contributed by atoms with E-state index in [2.05, 4.69) is 17.1 Å². The molecule has 1 aliphatic rings. The molecule has 0 aliphatic heterocycles. The number of aromatic amines is 1. The van der Waals surface area contributed by atoms with E-state index in [9.17, 15) is 8.78 Å². The van der Waals surface area contributed by atoms with Crippen LogP contribution in [0.5, 0.6) is 0 Å². The van der Waals surface area contributed by atoms with Gasteiger partial charge in [-0.25, -0.2) is 8.78 Å². The van der Waals surface area contributed by atoms with Crippen LogP contribution in [-0.2, 0) is 18.4 Å². The zero-order valence-electron chi connectivity index (χ0n) is 13.4. The fraction of sp³-hybridized carbons (Fsp3) is 0.300. The number of benzene rings is 2. The standard InChI is InChI=1S/C20H20F2N2/c21-16-8-7-13(12-17(16)22)9-11-20(23)10-3-5-15-14-4-1-2-6-18(14)24-19(15)20/h1-2,4,6-8,12,24H,3,5,9-11,23H2. The predicted octanol–water partition coefficient (Wildman–Crippen LogP) is 4.57. The molecule has 3 aromatic rings. The van der Waals surface area contributed by atoms with Crippen LogP contribution in [0.3, 0.4) is 0 Å². The number of aromatic nitrogens is 1. The maximum atomic E-state index is 13.4. The molecular weight excluding hydrogens is 306 g/mol. The number of halogens is 2. The topological polar surface area (TPSA) is 41.8 Å². The van der Waals surface area contributed by atoms with E-state index < -0.39 is 17.2 Å². The van der Waals surface area contributed by atoms with Gasteiger partial charge < -0.3 is 10.7 Å². The molecule has 0 radical (unpaired) electrons. The summed E-state index contributed by atoms with van der Waals surface area (Å²) >= 11 is 0. The van der Waals surface area contributed by atoms with Gasteiger partial charge in [0.2, 0.25) is 0 Å². The molecule has 4 rings (SSSR count). The van der Waals surface area contributed by atoms with Crippen LogP contribution in [0, 0.1) is 11.6 Å². The van der Waals surface area contributed by atoms with Gasteiger partial charge in [0.25, 0.3) is 0 Å². The molecule has 24 heavy (non-hydrogen) atoms. The number of rotatable bonds is 3. The molecule has 0 bridgehead atoms. The van der Waals surface area contributed by atoms with Crippen molar-refractivity contribution in [3.63, 3.8) is 0 Å². The molecule has 0 saturated heterocycles. The molecule has 124 valence electrons. The van der Waals surface area contributed by atoms with Crippen LogP contribution in [0.1, 0.15) is 36.1 Å². The summed E-state index contributed by atoms with van der Waals surface area (Å²) in [5.74, 6) is -1.61. The molecule has 4 heteroatoms. The molecule has 1 aliphatic carbocycles. The van der Waals surface area contributed by atoms with E-state index in [1.165, 1.54) is 23.1 Å². The number of nitrogens with one attached hydrogen (secondary N) is 1. The van der Waals surface area contributed by atoms with Crippen LogP contribution in [-0.4, -0.2) is 4.98 Å². The van der Waals surface area contributed by atoms with Gasteiger partial charge in [0.15, 0.2) is 11.6 Å². The summed E-state index contributed by atoms with van der Waals surface area (Å²) in [6, 6.07) is 12.4. The van der Waals surface area contributed by atoms with E-state index in [0.717, 1.165) is 36.0 Å². The van der Waals surface area contributed by atoms with E-state index in [1.54, 1.807) is 6.07 Å². The highest BCUT2D eigenvalue weighted by molar-refractivity contribution is 5.85. The van der Waals surface area contributed by atoms with Crippen molar-refractivity contribution in [3.8, 4) is 0 Å². The number of para-hydroxylation sites is 1. The third-order valence-electron chi connectivity index (χ3n) is 5.20. The quantitative estimate of drug-likeness (QED) is 0.727. The number of H-pyrrole nitrogens is 1. The Bertz CT molecular complexity index is 900. The van der Waals surface area contributed by atoms with Gasteiger partial charge in [-0.2, -0.15) is 0 Å². The van der Waals surface area contributed by atoms with Gasteiger partial charge in [-0.05, 0) is 61.4 Å². The van der Waals surface area contributed by atoms with Crippen molar-refractivity contribution in [2.75, 3.05) is 0 Å². The van der Waals surface area contributed by atoms with Gasteiger partial charge >= 0.3 is 0 Å². The first kappa shape index (κ1) is 15.3. The van der Waals surface area contributed by atoms with E-state index in [1.807, 2.05) is 12.1 Å². The van der Waals surface area contributed by atoms with Crippen LogP contribution < -0.4 is 5.73 Å². The summed E-state index contributed by atoms with van der Waals surface area (Å²) in [6.07, 6.45) is 4.31. The first-order valence-corrected chi connectivity index (χ1v) is 8.40. The predicted molar refractivity (Wildman–Crippen MR) is 91.8 cm³/mol. The molecule has 0 saturated carbocycles. The van der Waals surface area contributed by atoms with Crippen molar-refractivity contribution < 1.29 is 8.78 Å². The summed E-state index contributed by atoms with van der Waals surface area (Å²) < 4.78 is 26.5. The third kappa shape index (κ3) is 2.51. The molecular formula is C20H20F2N2. The van der Waals surface area contributed by atoms with Crippen molar-refractivity contribution in [1.29, 1.82) is 0 Å². The maximum absolute atomic E-state index is 13.4. The highest BCUT2D eigenvalue weighted by Crippen LogP contribution is 2.39. The third-order valence-corrected chi connectivity index (χ3v) is 5.20. The molecule has 1 unspecified atom stereocenters. The highest BCUT2D eigenvalue weighted by Gasteiger charge is 2.35. The minimum Gasteiger partial charge on any atom is -0.357 e. The summed E-state index contributed by atoms with van der Waals surface area (Å²) in [6.45, 7) is 0. The number of fused-ring (bicyclic) bond motifs is 3. The van der Waals surface area contributed by atoms with Gasteiger partial charge in [0.1, 0.15) is 0 Å². The summed E-state index contributed by atoms with van der Waals surface area (Å²) in [5.41, 5.74) is 10.6. The smallest absolute Gasteiger partial charge is 0.159 e. The second kappa shape index (κ2) is 5.71. The van der Waals surface area contributed by atoms with Crippen molar-refractivity contribution in [1.82, 2.24) is 4.98 Å². The number of hydrogen-bond acceptors (Lipinski definition) is 1. The van der Waals surface area contributed by atoms with Gasteiger partial charge in [-0.3, -0.25) is 0 Å². The lowest BCUT2D eigenvalue weighted by Gasteiger charge is -2.34. The molecule has 0 fully saturated rings. The van der Waals surface area contributed by atoms with Gasteiger partial charge in [-0.1, -0.05) is 24.3 Å². The Labute approximate surface area is 139 Å². The molecule has 3 N–H and O–H groups in total. The molecule has 1 heterocycles. The maximum Gasteiger partial charge on any atom is 0.159 e. The van der Waals surface area contributed by atoms with E-state index in [4.69, 9.17) is 5.73 Å². The first-order chi connectivity index (χ1) is 11.6.